The zero-order valence-electron chi connectivity index (χ0n) is 12.1. The zero-order valence-corrected chi connectivity index (χ0v) is 12.1. The molecule has 0 aliphatic carbocycles. The summed E-state index contributed by atoms with van der Waals surface area (Å²) in [6.45, 7) is 1.94. The quantitative estimate of drug-likeness (QED) is 0.918. The van der Waals surface area contributed by atoms with Crippen LogP contribution in [0, 0.1) is 0 Å². The van der Waals surface area contributed by atoms with Crippen LogP contribution in [0.3, 0.4) is 0 Å². The Bertz CT molecular complexity index is 620. The first-order chi connectivity index (χ1) is 10.4. The Morgan fingerprint density at radius 3 is 3.00 bits per heavy atom. The van der Waals surface area contributed by atoms with Gasteiger partial charge < -0.3 is 10.1 Å². The van der Waals surface area contributed by atoms with E-state index in [1.165, 1.54) is 29.5 Å². The Kier molecular flexibility index (Phi) is 3.45. The molecule has 4 rings (SSSR count). The van der Waals surface area contributed by atoms with E-state index >= 15 is 0 Å². The zero-order chi connectivity index (χ0) is 14.1. The number of fused-ring (bicyclic) bond motifs is 1. The number of rotatable bonds is 2. The average Bonchev–Trinajstić information content (AvgIpc) is 3.09. The molecule has 1 aromatic heterocycles. The minimum absolute atomic E-state index is 0.217. The smallest absolute Gasteiger partial charge is 0.0980 e. The summed E-state index contributed by atoms with van der Waals surface area (Å²) >= 11 is 0. The number of pyridine rings is 1. The van der Waals surface area contributed by atoms with Crippen molar-refractivity contribution in [3.8, 4) is 11.3 Å². The summed E-state index contributed by atoms with van der Waals surface area (Å²) in [5.74, 6) is 0. The third-order valence-electron chi connectivity index (χ3n) is 4.54. The number of nitrogens with zero attached hydrogens (tertiary/aromatic N) is 1. The van der Waals surface area contributed by atoms with Gasteiger partial charge in [0, 0.05) is 17.8 Å². The van der Waals surface area contributed by atoms with Crippen LogP contribution in [0.4, 0.5) is 0 Å². The summed E-state index contributed by atoms with van der Waals surface area (Å²) in [5.41, 5.74) is 5.03. The van der Waals surface area contributed by atoms with Gasteiger partial charge in [0.15, 0.2) is 0 Å². The van der Waals surface area contributed by atoms with Gasteiger partial charge >= 0.3 is 0 Å². The van der Waals surface area contributed by atoms with Crippen molar-refractivity contribution >= 4 is 0 Å². The first kappa shape index (κ1) is 13.0. The van der Waals surface area contributed by atoms with Crippen molar-refractivity contribution < 1.29 is 4.74 Å². The Hall–Kier alpha value is -1.71. The minimum atomic E-state index is 0.217. The lowest BCUT2D eigenvalue weighted by atomic mass is 9.90. The lowest BCUT2D eigenvalue weighted by Gasteiger charge is -2.31. The Morgan fingerprint density at radius 1 is 1.19 bits per heavy atom. The van der Waals surface area contributed by atoms with Crippen molar-refractivity contribution in [3.63, 3.8) is 0 Å². The highest BCUT2D eigenvalue weighted by atomic mass is 16.5. The Balaban J connectivity index is 1.68. The molecule has 2 aromatic rings. The second kappa shape index (κ2) is 5.58. The molecule has 1 aromatic carbocycles. The molecular weight excluding hydrogens is 260 g/mol. The van der Waals surface area contributed by atoms with Crippen LogP contribution in [0.25, 0.3) is 11.3 Å². The third-order valence-corrected chi connectivity index (χ3v) is 4.54. The largest absolute Gasteiger partial charge is 0.372 e. The van der Waals surface area contributed by atoms with Gasteiger partial charge in [-0.2, -0.15) is 0 Å². The molecule has 108 valence electrons. The number of ether oxygens (including phenoxy) is 1. The molecule has 2 aliphatic rings. The molecule has 3 nitrogen and oxygen atoms in total. The summed E-state index contributed by atoms with van der Waals surface area (Å²) in [6.07, 6.45) is 5.54. The second-order valence-electron chi connectivity index (χ2n) is 5.87. The van der Waals surface area contributed by atoms with E-state index in [1.54, 1.807) is 0 Å². The maximum absolute atomic E-state index is 6.06. The first-order valence-corrected chi connectivity index (χ1v) is 7.81. The standard InChI is InChI=1S/C18H20N2O/c1-2-9-19-16(4-1)14-6-7-15-13(12-14)8-11-21-18(15)17-5-3-10-20-17/h1-2,4,6-7,9,12,17-18,20H,3,5,8,10-11H2/t17?,18-/m1/s1. The highest BCUT2D eigenvalue weighted by Crippen LogP contribution is 2.34. The van der Waals surface area contributed by atoms with E-state index in [-0.39, 0.29) is 6.10 Å². The molecule has 0 spiro atoms. The van der Waals surface area contributed by atoms with E-state index in [4.69, 9.17) is 4.74 Å². The van der Waals surface area contributed by atoms with E-state index in [2.05, 4.69) is 34.6 Å². The Morgan fingerprint density at radius 2 is 2.19 bits per heavy atom. The number of benzene rings is 1. The predicted molar refractivity (Wildman–Crippen MR) is 83.1 cm³/mol. The summed E-state index contributed by atoms with van der Waals surface area (Å²) in [4.78, 5) is 4.45. The lowest BCUT2D eigenvalue weighted by Crippen LogP contribution is -2.33. The second-order valence-corrected chi connectivity index (χ2v) is 5.87. The molecule has 21 heavy (non-hydrogen) atoms. The van der Waals surface area contributed by atoms with Crippen LogP contribution >= 0.6 is 0 Å². The van der Waals surface area contributed by atoms with E-state index in [9.17, 15) is 0 Å². The minimum Gasteiger partial charge on any atom is -0.372 e. The van der Waals surface area contributed by atoms with E-state index in [1.807, 2.05) is 18.3 Å². The number of hydrogen-bond donors (Lipinski definition) is 1. The molecule has 2 atom stereocenters. The van der Waals surface area contributed by atoms with E-state index in [0.717, 1.165) is 25.3 Å². The fraction of sp³-hybridized carbons (Fsp3) is 0.389. The molecule has 1 saturated heterocycles. The third kappa shape index (κ3) is 2.47. The fourth-order valence-corrected chi connectivity index (χ4v) is 3.48. The SMILES string of the molecule is c1ccc(-c2ccc3c(c2)CCO[C@H]3C2CCCN2)nc1. The topological polar surface area (TPSA) is 34.1 Å². The summed E-state index contributed by atoms with van der Waals surface area (Å²) in [7, 11) is 0. The summed E-state index contributed by atoms with van der Waals surface area (Å²) in [5, 5.41) is 3.58. The monoisotopic (exact) mass is 280 g/mol. The highest BCUT2D eigenvalue weighted by molar-refractivity contribution is 5.61. The number of nitrogens with one attached hydrogen (secondary N) is 1. The Labute approximate surface area is 125 Å². The molecule has 0 amide bonds. The van der Waals surface area contributed by atoms with Crippen molar-refractivity contribution in [1.29, 1.82) is 0 Å². The van der Waals surface area contributed by atoms with Gasteiger partial charge in [-0.3, -0.25) is 4.98 Å². The molecule has 3 heteroatoms. The van der Waals surface area contributed by atoms with Crippen molar-refractivity contribution in [2.45, 2.75) is 31.4 Å². The van der Waals surface area contributed by atoms with Crippen LogP contribution in [0.5, 0.6) is 0 Å². The maximum Gasteiger partial charge on any atom is 0.0980 e. The average molecular weight is 280 g/mol. The molecule has 1 N–H and O–H groups in total. The molecule has 0 saturated carbocycles. The van der Waals surface area contributed by atoms with Gasteiger partial charge in [0.05, 0.1) is 18.4 Å². The van der Waals surface area contributed by atoms with Crippen molar-refractivity contribution in [3.05, 3.63) is 53.7 Å². The van der Waals surface area contributed by atoms with Crippen molar-refractivity contribution in [1.82, 2.24) is 10.3 Å². The van der Waals surface area contributed by atoms with E-state index in [0.29, 0.717) is 6.04 Å². The molecule has 3 heterocycles. The molecule has 0 bridgehead atoms. The van der Waals surface area contributed by atoms with Gasteiger partial charge in [0.2, 0.25) is 0 Å². The fourth-order valence-electron chi connectivity index (χ4n) is 3.48. The lowest BCUT2D eigenvalue weighted by molar-refractivity contribution is 0.0199. The van der Waals surface area contributed by atoms with Crippen LogP contribution in [0.15, 0.2) is 42.6 Å². The van der Waals surface area contributed by atoms with Crippen LogP contribution in [-0.2, 0) is 11.2 Å². The number of hydrogen-bond acceptors (Lipinski definition) is 3. The molecule has 0 radical (unpaired) electrons. The molecule has 1 fully saturated rings. The van der Waals surface area contributed by atoms with E-state index < -0.39 is 0 Å². The normalized spacial score (nSPS) is 24.8. The van der Waals surface area contributed by atoms with Gasteiger partial charge in [0.25, 0.3) is 0 Å². The van der Waals surface area contributed by atoms with Crippen molar-refractivity contribution in [2.24, 2.45) is 0 Å². The summed E-state index contributed by atoms with van der Waals surface area (Å²) in [6, 6.07) is 13.2. The molecule has 1 unspecified atom stereocenters. The number of aromatic nitrogens is 1. The molecular formula is C18H20N2O. The summed E-state index contributed by atoms with van der Waals surface area (Å²) < 4.78 is 6.06. The van der Waals surface area contributed by atoms with Gasteiger partial charge in [-0.15, -0.1) is 0 Å². The van der Waals surface area contributed by atoms with Crippen molar-refractivity contribution in [2.75, 3.05) is 13.2 Å². The van der Waals surface area contributed by atoms with Gasteiger partial charge in [0.1, 0.15) is 0 Å². The van der Waals surface area contributed by atoms with Gasteiger partial charge in [-0.1, -0.05) is 18.2 Å². The molecule has 2 aliphatic heterocycles. The maximum atomic E-state index is 6.06. The van der Waals surface area contributed by atoms with Crippen LogP contribution in [-0.4, -0.2) is 24.2 Å². The van der Waals surface area contributed by atoms with Gasteiger partial charge in [-0.05, 0) is 55.1 Å². The first-order valence-electron chi connectivity index (χ1n) is 7.81. The predicted octanol–water partition coefficient (Wildman–Crippen LogP) is 3.11. The van der Waals surface area contributed by atoms with Gasteiger partial charge in [-0.25, -0.2) is 0 Å². The van der Waals surface area contributed by atoms with Crippen LogP contribution in [0.1, 0.15) is 30.1 Å². The van der Waals surface area contributed by atoms with Crippen LogP contribution in [0.2, 0.25) is 0 Å². The highest BCUT2D eigenvalue weighted by Gasteiger charge is 2.30. The van der Waals surface area contributed by atoms with Crippen LogP contribution < -0.4 is 5.32 Å².